The van der Waals surface area contributed by atoms with Crippen LogP contribution in [-0.4, -0.2) is 38.6 Å². The molecule has 0 aliphatic rings. The van der Waals surface area contributed by atoms with Gasteiger partial charge in [-0.2, -0.15) is 0 Å². The van der Waals surface area contributed by atoms with Crippen LogP contribution >= 0.6 is 0 Å². The monoisotopic (exact) mass is 233 g/mol. The van der Waals surface area contributed by atoms with Crippen molar-refractivity contribution < 1.29 is 13.2 Å². The van der Waals surface area contributed by atoms with Crippen LogP contribution in [0, 0.1) is 6.92 Å². The van der Waals surface area contributed by atoms with Gasteiger partial charge in [-0.3, -0.25) is 0 Å². The number of aromatic nitrogens is 2. The number of hydrogen-bond donors (Lipinski definition) is 2. The Balaban J connectivity index is 2.53. The molecule has 1 aromatic rings. The lowest BCUT2D eigenvalue weighted by molar-refractivity contribution is 0.196. The summed E-state index contributed by atoms with van der Waals surface area (Å²) in [4.78, 5) is 6.49. The fourth-order valence-electron chi connectivity index (χ4n) is 1.04. The third kappa shape index (κ3) is 3.61. The highest BCUT2D eigenvalue weighted by Gasteiger charge is 2.15. The normalized spacial score (nSPS) is 11.9. The van der Waals surface area contributed by atoms with E-state index in [1.54, 1.807) is 14.0 Å². The topological polar surface area (TPSA) is 84.1 Å². The maximum atomic E-state index is 11.6. The molecule has 0 saturated carbocycles. The molecular formula is C8H15N3O3S. The van der Waals surface area contributed by atoms with E-state index in [2.05, 4.69) is 14.7 Å². The number of ether oxygens (including phenoxy) is 1. The lowest BCUT2D eigenvalue weighted by Crippen LogP contribution is -2.25. The molecule has 7 heteroatoms. The summed E-state index contributed by atoms with van der Waals surface area (Å²) < 4.78 is 30.4. The van der Waals surface area contributed by atoms with E-state index in [-0.39, 0.29) is 5.03 Å². The predicted octanol–water partition coefficient (Wildman–Crippen LogP) is 0.0329. The van der Waals surface area contributed by atoms with Gasteiger partial charge in [0, 0.05) is 20.3 Å². The van der Waals surface area contributed by atoms with Gasteiger partial charge >= 0.3 is 0 Å². The van der Waals surface area contributed by atoms with E-state index in [9.17, 15) is 8.42 Å². The molecule has 0 amide bonds. The molecule has 0 radical (unpaired) electrons. The molecule has 0 aliphatic carbocycles. The van der Waals surface area contributed by atoms with Crippen LogP contribution in [0.25, 0.3) is 0 Å². The summed E-state index contributed by atoms with van der Waals surface area (Å²) in [6.07, 6.45) is 1.94. The van der Waals surface area contributed by atoms with Gasteiger partial charge in [0.25, 0.3) is 10.0 Å². The number of nitrogens with zero attached hydrogens (tertiary/aromatic N) is 1. The quantitative estimate of drug-likeness (QED) is 0.679. The number of H-pyrrole nitrogens is 1. The number of nitrogens with one attached hydrogen (secondary N) is 2. The van der Waals surface area contributed by atoms with Gasteiger partial charge in [0.15, 0.2) is 5.03 Å². The van der Waals surface area contributed by atoms with Crippen LogP contribution in [0.1, 0.15) is 12.2 Å². The number of aromatic amines is 1. The summed E-state index contributed by atoms with van der Waals surface area (Å²) in [6.45, 7) is 2.59. The number of hydrogen-bond acceptors (Lipinski definition) is 4. The maximum Gasteiger partial charge on any atom is 0.257 e. The lowest BCUT2D eigenvalue weighted by Gasteiger charge is -2.03. The fourth-order valence-corrected chi connectivity index (χ4v) is 2.08. The molecule has 0 spiro atoms. The molecule has 1 rings (SSSR count). The molecule has 2 N–H and O–H groups in total. The summed E-state index contributed by atoms with van der Waals surface area (Å²) in [5.41, 5.74) is 0. The van der Waals surface area contributed by atoms with Crippen LogP contribution in [0.2, 0.25) is 0 Å². The number of rotatable bonds is 6. The van der Waals surface area contributed by atoms with E-state index in [1.165, 1.54) is 6.20 Å². The van der Waals surface area contributed by atoms with Gasteiger partial charge in [-0.15, -0.1) is 0 Å². The van der Waals surface area contributed by atoms with Crippen LogP contribution in [0.4, 0.5) is 0 Å². The molecule has 0 atom stereocenters. The van der Waals surface area contributed by atoms with Crippen molar-refractivity contribution in [2.75, 3.05) is 20.3 Å². The second-order valence-electron chi connectivity index (χ2n) is 3.08. The van der Waals surface area contributed by atoms with Crippen molar-refractivity contribution in [3.63, 3.8) is 0 Å². The molecule has 0 aromatic carbocycles. The number of sulfonamides is 1. The molecular weight excluding hydrogens is 218 g/mol. The molecule has 15 heavy (non-hydrogen) atoms. The van der Waals surface area contributed by atoms with Crippen LogP contribution in [-0.2, 0) is 14.8 Å². The highest BCUT2D eigenvalue weighted by molar-refractivity contribution is 7.89. The molecule has 0 aliphatic heterocycles. The van der Waals surface area contributed by atoms with Crippen LogP contribution < -0.4 is 4.72 Å². The zero-order valence-corrected chi connectivity index (χ0v) is 9.60. The summed E-state index contributed by atoms with van der Waals surface area (Å²) in [7, 11) is -1.87. The Morgan fingerprint density at radius 1 is 1.60 bits per heavy atom. The highest BCUT2D eigenvalue weighted by Crippen LogP contribution is 2.04. The minimum absolute atomic E-state index is 0.0948. The summed E-state index contributed by atoms with van der Waals surface area (Å²) in [5, 5.41) is 0.0948. The third-order valence-corrected chi connectivity index (χ3v) is 3.16. The second kappa shape index (κ2) is 5.24. The van der Waals surface area contributed by atoms with Gasteiger partial charge < -0.3 is 9.72 Å². The van der Waals surface area contributed by atoms with Gasteiger partial charge in [0.05, 0.1) is 6.20 Å². The Morgan fingerprint density at radius 3 is 2.87 bits per heavy atom. The number of imidazole rings is 1. The Morgan fingerprint density at radius 2 is 2.33 bits per heavy atom. The minimum atomic E-state index is -3.44. The molecule has 86 valence electrons. The fraction of sp³-hybridized carbons (Fsp3) is 0.625. The summed E-state index contributed by atoms with van der Waals surface area (Å²) >= 11 is 0. The van der Waals surface area contributed by atoms with E-state index in [4.69, 9.17) is 4.74 Å². The first-order valence-electron chi connectivity index (χ1n) is 4.56. The summed E-state index contributed by atoms with van der Waals surface area (Å²) in [6, 6.07) is 0. The Labute approximate surface area is 89.1 Å². The smallest absolute Gasteiger partial charge is 0.257 e. The minimum Gasteiger partial charge on any atom is -0.385 e. The number of aryl methyl sites for hydroxylation is 1. The Kier molecular flexibility index (Phi) is 4.25. The van der Waals surface area contributed by atoms with Gasteiger partial charge in [-0.1, -0.05) is 0 Å². The molecule has 6 nitrogen and oxygen atoms in total. The second-order valence-corrected chi connectivity index (χ2v) is 4.81. The van der Waals surface area contributed by atoms with Gasteiger partial charge in [-0.25, -0.2) is 18.1 Å². The molecule has 0 bridgehead atoms. The average Bonchev–Trinajstić information content (AvgIpc) is 2.60. The summed E-state index contributed by atoms with van der Waals surface area (Å²) in [5.74, 6) is 0.576. The highest BCUT2D eigenvalue weighted by atomic mass is 32.2. The van der Waals surface area contributed by atoms with E-state index in [1.807, 2.05) is 0 Å². The average molecular weight is 233 g/mol. The predicted molar refractivity (Wildman–Crippen MR) is 55.0 cm³/mol. The zero-order valence-electron chi connectivity index (χ0n) is 8.78. The first-order chi connectivity index (χ1) is 7.06. The first-order valence-corrected chi connectivity index (χ1v) is 6.05. The van der Waals surface area contributed by atoms with E-state index in [0.29, 0.717) is 25.4 Å². The largest absolute Gasteiger partial charge is 0.385 e. The molecule has 1 aromatic heterocycles. The molecule has 0 unspecified atom stereocenters. The Hall–Kier alpha value is -0.920. The number of methoxy groups -OCH3 is 1. The van der Waals surface area contributed by atoms with Gasteiger partial charge in [0.2, 0.25) is 0 Å². The van der Waals surface area contributed by atoms with Crippen molar-refractivity contribution in [2.45, 2.75) is 18.4 Å². The third-order valence-electron chi connectivity index (χ3n) is 1.79. The van der Waals surface area contributed by atoms with Crippen molar-refractivity contribution in [1.82, 2.24) is 14.7 Å². The van der Waals surface area contributed by atoms with Crippen molar-refractivity contribution in [3.8, 4) is 0 Å². The van der Waals surface area contributed by atoms with Crippen LogP contribution in [0.3, 0.4) is 0 Å². The Bertz CT molecular complexity index is 399. The van der Waals surface area contributed by atoms with Gasteiger partial charge in [0.1, 0.15) is 5.82 Å². The van der Waals surface area contributed by atoms with E-state index >= 15 is 0 Å². The standard InChI is InChI=1S/C8H15N3O3S/c1-7-9-6-8(11-7)15(12,13)10-4-3-5-14-2/h6,10H,3-5H2,1-2H3,(H,9,11). The molecule has 0 saturated heterocycles. The first kappa shape index (κ1) is 12.2. The SMILES string of the molecule is COCCCNS(=O)(=O)c1cnc(C)[nH]1. The molecule has 0 fully saturated rings. The van der Waals surface area contributed by atoms with Crippen molar-refractivity contribution in [1.29, 1.82) is 0 Å². The zero-order chi connectivity index (χ0) is 11.3. The lowest BCUT2D eigenvalue weighted by atomic mass is 10.5. The molecule has 1 heterocycles. The van der Waals surface area contributed by atoms with E-state index < -0.39 is 10.0 Å². The van der Waals surface area contributed by atoms with Crippen molar-refractivity contribution in [3.05, 3.63) is 12.0 Å². The van der Waals surface area contributed by atoms with Crippen molar-refractivity contribution in [2.24, 2.45) is 0 Å². The van der Waals surface area contributed by atoms with Crippen molar-refractivity contribution >= 4 is 10.0 Å². The van der Waals surface area contributed by atoms with Crippen LogP contribution in [0.5, 0.6) is 0 Å². The van der Waals surface area contributed by atoms with Gasteiger partial charge in [-0.05, 0) is 13.3 Å². The van der Waals surface area contributed by atoms with E-state index in [0.717, 1.165) is 0 Å². The van der Waals surface area contributed by atoms with Crippen LogP contribution in [0.15, 0.2) is 11.2 Å². The maximum absolute atomic E-state index is 11.6.